The molecule has 0 amide bonds. The van der Waals surface area contributed by atoms with Crippen LogP contribution < -0.4 is 5.69 Å². The van der Waals surface area contributed by atoms with E-state index in [-0.39, 0.29) is 11.6 Å². The molecule has 0 aliphatic carbocycles. The number of rotatable bonds is 1. The van der Waals surface area contributed by atoms with Crippen LogP contribution in [0.2, 0.25) is 0 Å². The van der Waals surface area contributed by atoms with E-state index in [1.807, 2.05) is 0 Å². The van der Waals surface area contributed by atoms with Crippen molar-refractivity contribution in [3.63, 3.8) is 0 Å². The maximum Gasteiger partial charge on any atom is 0.416 e. The van der Waals surface area contributed by atoms with Crippen molar-refractivity contribution >= 4 is 10.9 Å². The van der Waals surface area contributed by atoms with Crippen molar-refractivity contribution in [3.8, 4) is 0 Å². The molecule has 7 heteroatoms. The van der Waals surface area contributed by atoms with E-state index < -0.39 is 17.4 Å². The molecule has 20 heavy (non-hydrogen) atoms. The number of ether oxygens (including phenoxy) is 1. The second kappa shape index (κ2) is 4.59. The third-order valence-corrected chi connectivity index (χ3v) is 3.33. The smallest absolute Gasteiger partial charge is 0.372 e. The average molecular weight is 284 g/mol. The molecule has 0 spiro atoms. The molecule has 1 N–H and O–H groups in total. The van der Waals surface area contributed by atoms with Crippen LogP contribution in [0, 0.1) is 0 Å². The Morgan fingerprint density at radius 3 is 2.80 bits per heavy atom. The fourth-order valence-corrected chi connectivity index (χ4v) is 2.41. The van der Waals surface area contributed by atoms with Gasteiger partial charge in [-0.1, -0.05) is 6.07 Å². The Morgan fingerprint density at radius 1 is 1.35 bits per heavy atom. The number of aromatic amines is 1. The van der Waals surface area contributed by atoms with Gasteiger partial charge in [0.1, 0.15) is 0 Å². The summed E-state index contributed by atoms with van der Waals surface area (Å²) in [5, 5.41) is 0.490. The van der Waals surface area contributed by atoms with Crippen LogP contribution in [-0.2, 0) is 10.9 Å². The van der Waals surface area contributed by atoms with Crippen molar-refractivity contribution in [2.24, 2.45) is 0 Å². The molecular weight excluding hydrogens is 273 g/mol. The Hall–Kier alpha value is -1.89. The number of aromatic nitrogens is 2. The molecule has 1 unspecified atom stereocenters. The van der Waals surface area contributed by atoms with Gasteiger partial charge in [-0.25, -0.2) is 4.79 Å². The van der Waals surface area contributed by atoms with Gasteiger partial charge < -0.3 is 9.72 Å². The molecule has 106 valence electrons. The lowest BCUT2D eigenvalue weighted by molar-refractivity contribution is -0.137. The first kappa shape index (κ1) is 13.1. The minimum atomic E-state index is -4.46. The fraction of sp³-hybridized carbons (Fsp3) is 0.385. The number of hydrogen-bond acceptors (Lipinski definition) is 3. The van der Waals surface area contributed by atoms with Gasteiger partial charge in [-0.2, -0.15) is 18.2 Å². The van der Waals surface area contributed by atoms with E-state index in [4.69, 9.17) is 4.74 Å². The van der Waals surface area contributed by atoms with Gasteiger partial charge >= 0.3 is 11.9 Å². The lowest BCUT2D eigenvalue weighted by Crippen LogP contribution is -2.16. The van der Waals surface area contributed by atoms with Crippen molar-refractivity contribution in [3.05, 3.63) is 39.9 Å². The molecule has 3 rings (SSSR count). The molecule has 1 aromatic heterocycles. The summed E-state index contributed by atoms with van der Waals surface area (Å²) >= 11 is 0. The number of H-pyrrole nitrogens is 1. The summed E-state index contributed by atoms with van der Waals surface area (Å²) in [4.78, 5) is 17.7. The third-order valence-electron chi connectivity index (χ3n) is 3.33. The second-order valence-electron chi connectivity index (χ2n) is 4.69. The van der Waals surface area contributed by atoms with Gasteiger partial charge in [0.25, 0.3) is 0 Å². The van der Waals surface area contributed by atoms with Crippen molar-refractivity contribution in [2.75, 3.05) is 6.61 Å². The summed E-state index contributed by atoms with van der Waals surface area (Å²) in [5.41, 5.74) is -0.941. The third kappa shape index (κ3) is 2.29. The zero-order chi connectivity index (χ0) is 14.3. The van der Waals surface area contributed by atoms with Crippen molar-refractivity contribution in [1.29, 1.82) is 0 Å². The summed E-state index contributed by atoms with van der Waals surface area (Å²) in [6.07, 6.45) is -3.15. The Morgan fingerprint density at radius 2 is 2.15 bits per heavy atom. The lowest BCUT2D eigenvalue weighted by atomic mass is 10.1. The zero-order valence-electron chi connectivity index (χ0n) is 10.3. The molecule has 1 aromatic carbocycles. The van der Waals surface area contributed by atoms with Gasteiger partial charge in [0.15, 0.2) is 0 Å². The van der Waals surface area contributed by atoms with E-state index in [1.165, 1.54) is 6.07 Å². The summed E-state index contributed by atoms with van der Waals surface area (Å²) in [5.74, 6) is 0. The number of fused-ring (bicyclic) bond motifs is 1. The maximum absolute atomic E-state index is 12.7. The zero-order valence-corrected chi connectivity index (χ0v) is 10.3. The second-order valence-corrected chi connectivity index (χ2v) is 4.69. The minimum Gasteiger partial charge on any atom is -0.372 e. The molecule has 2 aromatic rings. The maximum atomic E-state index is 12.7. The molecule has 1 atom stereocenters. The molecule has 1 fully saturated rings. The van der Waals surface area contributed by atoms with Crippen LogP contribution in [0.1, 0.15) is 30.2 Å². The predicted octanol–water partition coefficient (Wildman–Crippen LogP) is 2.79. The first-order valence-corrected chi connectivity index (χ1v) is 6.18. The van der Waals surface area contributed by atoms with E-state index >= 15 is 0 Å². The van der Waals surface area contributed by atoms with Crippen LogP contribution >= 0.6 is 0 Å². The Kier molecular flexibility index (Phi) is 3.01. The first-order chi connectivity index (χ1) is 9.45. The summed E-state index contributed by atoms with van der Waals surface area (Å²) in [6.45, 7) is 0.581. The van der Waals surface area contributed by atoms with Crippen LogP contribution in [0.15, 0.2) is 23.0 Å². The van der Waals surface area contributed by atoms with Crippen LogP contribution in [0.5, 0.6) is 0 Å². The molecule has 0 saturated carbocycles. The quantitative estimate of drug-likeness (QED) is 0.876. The highest BCUT2D eigenvalue weighted by Crippen LogP contribution is 2.34. The number of nitrogens with zero attached hydrogens (tertiary/aromatic N) is 1. The molecular formula is C13H11F3N2O2. The summed E-state index contributed by atoms with van der Waals surface area (Å²) in [6, 6.07) is 3.21. The van der Waals surface area contributed by atoms with E-state index in [9.17, 15) is 18.0 Å². The number of hydrogen-bond donors (Lipinski definition) is 1. The van der Waals surface area contributed by atoms with Gasteiger partial charge in [-0.3, -0.25) is 0 Å². The number of benzene rings is 1. The highest BCUT2D eigenvalue weighted by Gasteiger charge is 2.31. The van der Waals surface area contributed by atoms with Gasteiger partial charge in [-0.05, 0) is 25.0 Å². The van der Waals surface area contributed by atoms with Crippen LogP contribution in [0.25, 0.3) is 10.9 Å². The number of alkyl halides is 3. The van der Waals surface area contributed by atoms with Gasteiger partial charge in [0, 0.05) is 12.0 Å². The predicted molar refractivity (Wildman–Crippen MR) is 65.3 cm³/mol. The standard InChI is InChI=1S/C13H11F3N2O2/c14-13(15,16)7-3-4-8-9(6-7)17-12(19)18-11(8)10-2-1-5-20-10/h3-4,6,10H,1-2,5H2,(H,17,18,19). The number of halogens is 3. The molecule has 4 nitrogen and oxygen atoms in total. The average Bonchev–Trinajstić information content (AvgIpc) is 2.89. The molecule has 0 radical (unpaired) electrons. The normalized spacial score (nSPS) is 19.6. The van der Waals surface area contributed by atoms with Gasteiger partial charge in [0.05, 0.1) is 22.9 Å². The van der Waals surface area contributed by atoms with E-state index in [0.717, 1.165) is 25.0 Å². The highest BCUT2D eigenvalue weighted by atomic mass is 19.4. The van der Waals surface area contributed by atoms with Crippen LogP contribution in [0.3, 0.4) is 0 Å². The van der Waals surface area contributed by atoms with E-state index in [2.05, 4.69) is 9.97 Å². The molecule has 1 saturated heterocycles. The van der Waals surface area contributed by atoms with Gasteiger partial charge in [-0.15, -0.1) is 0 Å². The van der Waals surface area contributed by atoms with Crippen LogP contribution in [0.4, 0.5) is 13.2 Å². The minimum absolute atomic E-state index is 0.0362. The summed E-state index contributed by atoms with van der Waals surface area (Å²) < 4.78 is 43.5. The molecule has 0 bridgehead atoms. The van der Waals surface area contributed by atoms with E-state index in [0.29, 0.717) is 17.7 Å². The van der Waals surface area contributed by atoms with E-state index in [1.54, 1.807) is 0 Å². The topological polar surface area (TPSA) is 55.0 Å². The molecule has 1 aliphatic rings. The van der Waals surface area contributed by atoms with Crippen molar-refractivity contribution in [1.82, 2.24) is 9.97 Å². The largest absolute Gasteiger partial charge is 0.416 e. The Balaban J connectivity index is 2.19. The van der Waals surface area contributed by atoms with Crippen molar-refractivity contribution < 1.29 is 17.9 Å². The molecule has 2 heterocycles. The first-order valence-electron chi connectivity index (χ1n) is 6.18. The SMILES string of the molecule is O=c1nc2cc(C(F)(F)F)ccc2c(C2CCCO2)[nH]1. The molecule has 1 aliphatic heterocycles. The Bertz CT molecular complexity index is 703. The van der Waals surface area contributed by atoms with Gasteiger partial charge in [0.2, 0.25) is 0 Å². The summed E-state index contributed by atoms with van der Waals surface area (Å²) in [7, 11) is 0. The Labute approximate surface area is 111 Å². The lowest BCUT2D eigenvalue weighted by Gasteiger charge is -2.13. The van der Waals surface area contributed by atoms with Crippen molar-refractivity contribution in [2.45, 2.75) is 25.1 Å². The monoisotopic (exact) mass is 284 g/mol. The fourth-order valence-electron chi connectivity index (χ4n) is 2.41. The number of nitrogens with one attached hydrogen (secondary N) is 1. The van der Waals surface area contributed by atoms with Crippen LogP contribution in [-0.4, -0.2) is 16.6 Å². The highest BCUT2D eigenvalue weighted by molar-refractivity contribution is 5.81.